The van der Waals surface area contributed by atoms with Gasteiger partial charge in [0.1, 0.15) is 5.82 Å². The Labute approximate surface area is 129 Å². The van der Waals surface area contributed by atoms with E-state index < -0.39 is 0 Å². The molecular weight excluding hydrogens is 274 g/mol. The van der Waals surface area contributed by atoms with Gasteiger partial charge in [0.25, 0.3) is 0 Å². The van der Waals surface area contributed by atoms with E-state index in [2.05, 4.69) is 22.3 Å². The molecule has 0 unspecified atom stereocenters. The molecular formula is C18H17N3O. The Morgan fingerprint density at radius 1 is 0.955 bits per heavy atom. The molecule has 2 aromatic carbocycles. The van der Waals surface area contributed by atoms with E-state index in [-0.39, 0.29) is 12.0 Å². The maximum Gasteiger partial charge on any atom is 0.181 e. The van der Waals surface area contributed by atoms with Crippen LogP contribution in [0.2, 0.25) is 0 Å². The first-order chi connectivity index (χ1) is 10.9. The Morgan fingerprint density at radius 3 is 2.45 bits per heavy atom. The Hall–Kier alpha value is -2.46. The fourth-order valence-corrected chi connectivity index (χ4v) is 3.00. The SMILES string of the molecule is c1ccc(-c2n[nH]c([C@H]3CCO[C@@H]3c3ccccc3)n2)cc1. The van der Waals surface area contributed by atoms with Gasteiger partial charge in [-0.25, -0.2) is 4.98 Å². The van der Waals surface area contributed by atoms with Crippen molar-refractivity contribution in [3.8, 4) is 11.4 Å². The number of nitrogens with one attached hydrogen (secondary N) is 1. The highest BCUT2D eigenvalue weighted by Gasteiger charge is 2.33. The van der Waals surface area contributed by atoms with E-state index in [0.29, 0.717) is 0 Å². The van der Waals surface area contributed by atoms with Gasteiger partial charge in [-0.3, -0.25) is 5.10 Å². The van der Waals surface area contributed by atoms with Gasteiger partial charge in [0.05, 0.1) is 12.0 Å². The van der Waals surface area contributed by atoms with E-state index in [9.17, 15) is 0 Å². The van der Waals surface area contributed by atoms with Gasteiger partial charge in [0.15, 0.2) is 5.82 Å². The van der Waals surface area contributed by atoms with E-state index in [1.165, 1.54) is 5.56 Å². The second-order valence-corrected chi connectivity index (χ2v) is 5.51. The lowest BCUT2D eigenvalue weighted by atomic mass is 9.95. The molecule has 1 N–H and O–H groups in total. The van der Waals surface area contributed by atoms with Crippen molar-refractivity contribution in [1.82, 2.24) is 15.2 Å². The van der Waals surface area contributed by atoms with Crippen LogP contribution in [0.4, 0.5) is 0 Å². The number of benzene rings is 2. The molecule has 1 aromatic heterocycles. The van der Waals surface area contributed by atoms with Crippen LogP contribution in [0.5, 0.6) is 0 Å². The Morgan fingerprint density at radius 2 is 1.68 bits per heavy atom. The number of nitrogens with zero attached hydrogens (tertiary/aromatic N) is 2. The maximum atomic E-state index is 5.93. The van der Waals surface area contributed by atoms with Crippen molar-refractivity contribution >= 4 is 0 Å². The number of ether oxygens (including phenoxy) is 1. The van der Waals surface area contributed by atoms with Crippen LogP contribution in [0.25, 0.3) is 11.4 Å². The van der Waals surface area contributed by atoms with Crippen molar-refractivity contribution < 1.29 is 4.74 Å². The van der Waals surface area contributed by atoms with Crippen LogP contribution in [-0.4, -0.2) is 21.8 Å². The summed E-state index contributed by atoms with van der Waals surface area (Å²) in [4.78, 5) is 4.69. The van der Waals surface area contributed by atoms with Crippen LogP contribution in [-0.2, 0) is 4.74 Å². The van der Waals surface area contributed by atoms with E-state index in [4.69, 9.17) is 9.72 Å². The third-order valence-corrected chi connectivity index (χ3v) is 4.11. The molecule has 110 valence electrons. The van der Waals surface area contributed by atoms with Crippen molar-refractivity contribution in [3.05, 3.63) is 72.1 Å². The van der Waals surface area contributed by atoms with E-state index in [1.54, 1.807) is 0 Å². The van der Waals surface area contributed by atoms with Gasteiger partial charge in [-0.2, -0.15) is 5.10 Å². The summed E-state index contributed by atoms with van der Waals surface area (Å²) in [5.74, 6) is 1.88. The summed E-state index contributed by atoms with van der Waals surface area (Å²) in [5.41, 5.74) is 2.22. The van der Waals surface area contributed by atoms with Crippen LogP contribution in [0.15, 0.2) is 60.7 Å². The fraction of sp³-hybridized carbons (Fsp3) is 0.222. The number of rotatable bonds is 3. The third-order valence-electron chi connectivity index (χ3n) is 4.11. The molecule has 1 aliphatic rings. The molecule has 1 aliphatic heterocycles. The first kappa shape index (κ1) is 13.2. The highest BCUT2D eigenvalue weighted by atomic mass is 16.5. The Balaban J connectivity index is 1.63. The number of aromatic nitrogens is 3. The Bertz CT molecular complexity index is 739. The van der Waals surface area contributed by atoms with Gasteiger partial charge in [0, 0.05) is 12.2 Å². The van der Waals surface area contributed by atoms with Gasteiger partial charge in [0.2, 0.25) is 0 Å². The highest BCUT2D eigenvalue weighted by molar-refractivity contribution is 5.54. The summed E-state index contributed by atoms with van der Waals surface area (Å²) >= 11 is 0. The van der Waals surface area contributed by atoms with Crippen molar-refractivity contribution in [2.75, 3.05) is 6.61 Å². The first-order valence-electron chi connectivity index (χ1n) is 7.56. The molecule has 0 radical (unpaired) electrons. The Kier molecular flexibility index (Phi) is 3.45. The molecule has 0 saturated carbocycles. The number of H-pyrrole nitrogens is 1. The number of hydrogen-bond acceptors (Lipinski definition) is 3. The molecule has 1 fully saturated rings. The van der Waals surface area contributed by atoms with Gasteiger partial charge >= 0.3 is 0 Å². The predicted molar refractivity (Wildman–Crippen MR) is 84.3 cm³/mol. The molecule has 2 atom stereocenters. The summed E-state index contributed by atoms with van der Waals surface area (Å²) in [6.07, 6.45) is 1.01. The number of aromatic amines is 1. The van der Waals surface area contributed by atoms with Crippen LogP contribution < -0.4 is 0 Å². The molecule has 0 bridgehead atoms. The lowest BCUT2D eigenvalue weighted by Crippen LogP contribution is -2.07. The third kappa shape index (κ3) is 2.42. The molecule has 0 spiro atoms. The average molecular weight is 291 g/mol. The molecule has 22 heavy (non-hydrogen) atoms. The summed E-state index contributed by atoms with van der Waals surface area (Å²) in [6, 6.07) is 20.4. The van der Waals surface area contributed by atoms with Gasteiger partial charge < -0.3 is 4.74 Å². The summed E-state index contributed by atoms with van der Waals surface area (Å²) in [6.45, 7) is 0.756. The molecule has 4 nitrogen and oxygen atoms in total. The molecule has 0 amide bonds. The van der Waals surface area contributed by atoms with Crippen LogP contribution in [0, 0.1) is 0 Å². The van der Waals surface area contributed by atoms with Crippen LogP contribution >= 0.6 is 0 Å². The fourth-order valence-electron chi connectivity index (χ4n) is 3.00. The van der Waals surface area contributed by atoms with Crippen LogP contribution in [0.3, 0.4) is 0 Å². The van der Waals surface area contributed by atoms with Crippen molar-refractivity contribution in [3.63, 3.8) is 0 Å². The zero-order chi connectivity index (χ0) is 14.8. The van der Waals surface area contributed by atoms with E-state index >= 15 is 0 Å². The average Bonchev–Trinajstić information content (AvgIpc) is 3.25. The smallest absolute Gasteiger partial charge is 0.181 e. The minimum atomic E-state index is 0.0535. The molecule has 4 rings (SSSR count). The largest absolute Gasteiger partial charge is 0.373 e. The molecule has 1 saturated heterocycles. The normalized spacial score (nSPS) is 21.1. The topological polar surface area (TPSA) is 50.8 Å². The first-order valence-corrected chi connectivity index (χ1v) is 7.56. The standard InChI is InChI=1S/C18H17N3O/c1-3-7-13(8-4-1)16-15(11-12-22-16)18-19-17(20-21-18)14-9-5-2-6-10-14/h1-10,15-16H,11-12H2,(H,19,20,21)/t15-,16+/m0/s1. The van der Waals surface area contributed by atoms with Gasteiger partial charge in [-0.1, -0.05) is 60.7 Å². The summed E-state index contributed by atoms with van der Waals surface area (Å²) in [5, 5.41) is 7.47. The van der Waals surface area contributed by atoms with Crippen molar-refractivity contribution in [2.45, 2.75) is 18.4 Å². The zero-order valence-electron chi connectivity index (χ0n) is 12.1. The zero-order valence-corrected chi connectivity index (χ0v) is 12.1. The van der Waals surface area contributed by atoms with E-state index in [0.717, 1.165) is 30.2 Å². The summed E-state index contributed by atoms with van der Waals surface area (Å²) in [7, 11) is 0. The minimum absolute atomic E-state index is 0.0535. The number of hydrogen-bond donors (Lipinski definition) is 1. The lowest BCUT2D eigenvalue weighted by molar-refractivity contribution is 0.103. The maximum absolute atomic E-state index is 5.93. The summed E-state index contributed by atoms with van der Waals surface area (Å²) < 4.78 is 5.93. The second-order valence-electron chi connectivity index (χ2n) is 5.51. The minimum Gasteiger partial charge on any atom is -0.373 e. The highest BCUT2D eigenvalue weighted by Crippen LogP contribution is 2.40. The quantitative estimate of drug-likeness (QED) is 0.800. The van der Waals surface area contributed by atoms with Gasteiger partial charge in [-0.15, -0.1) is 0 Å². The second kappa shape index (κ2) is 5.73. The molecule has 2 heterocycles. The van der Waals surface area contributed by atoms with Crippen molar-refractivity contribution in [2.24, 2.45) is 0 Å². The predicted octanol–water partition coefficient (Wildman–Crippen LogP) is 3.72. The molecule has 0 aliphatic carbocycles. The molecule has 4 heteroatoms. The van der Waals surface area contributed by atoms with Gasteiger partial charge in [-0.05, 0) is 12.0 Å². The molecule has 3 aromatic rings. The van der Waals surface area contributed by atoms with E-state index in [1.807, 2.05) is 48.5 Å². The lowest BCUT2D eigenvalue weighted by Gasteiger charge is -2.16. The van der Waals surface area contributed by atoms with Crippen LogP contribution in [0.1, 0.15) is 29.8 Å². The van der Waals surface area contributed by atoms with Crippen molar-refractivity contribution in [1.29, 1.82) is 0 Å². The monoisotopic (exact) mass is 291 g/mol.